The Morgan fingerprint density at radius 1 is 0.840 bits per heavy atom. The molecule has 0 unspecified atom stereocenters. The Hall–Kier alpha value is -3.00. The first-order valence-electron chi connectivity index (χ1n) is 8.43. The summed E-state index contributed by atoms with van der Waals surface area (Å²) in [6.07, 6.45) is 0. The van der Waals surface area contributed by atoms with Crippen LogP contribution in [0.5, 0.6) is 11.5 Å². The first-order chi connectivity index (χ1) is 12.3. The number of para-hydroxylation sites is 1. The summed E-state index contributed by atoms with van der Waals surface area (Å²) in [5.74, 6) is 1.80. The molecule has 25 heavy (non-hydrogen) atoms. The predicted octanol–water partition coefficient (Wildman–Crippen LogP) is 5.57. The van der Waals surface area contributed by atoms with Crippen molar-refractivity contribution in [3.05, 3.63) is 95.1 Å². The summed E-state index contributed by atoms with van der Waals surface area (Å²) in [7, 11) is 1.69. The lowest BCUT2D eigenvalue weighted by Gasteiger charge is -2.15. The molecule has 0 aromatic heterocycles. The Bertz CT molecular complexity index is 887. The second kappa shape index (κ2) is 6.48. The van der Waals surface area contributed by atoms with Gasteiger partial charge in [0.15, 0.2) is 0 Å². The summed E-state index contributed by atoms with van der Waals surface area (Å²) >= 11 is 0. The standard InChI is InChI=1S/C23H20O2/c1-16(17-11-13-19(24-2)14-12-17)23-20-8-4-3-7-18(20)15-25-22-10-6-5-9-21(22)23/h3-14H,15H2,1-2H3/b23-16-. The Morgan fingerprint density at radius 3 is 2.28 bits per heavy atom. The van der Waals surface area contributed by atoms with Gasteiger partial charge in [0.25, 0.3) is 0 Å². The van der Waals surface area contributed by atoms with Crippen LogP contribution >= 0.6 is 0 Å². The van der Waals surface area contributed by atoms with Crippen molar-refractivity contribution in [2.24, 2.45) is 0 Å². The molecule has 0 radical (unpaired) electrons. The number of methoxy groups -OCH3 is 1. The molecule has 0 fully saturated rings. The largest absolute Gasteiger partial charge is 0.497 e. The van der Waals surface area contributed by atoms with Crippen molar-refractivity contribution in [1.29, 1.82) is 0 Å². The van der Waals surface area contributed by atoms with E-state index >= 15 is 0 Å². The molecule has 0 N–H and O–H groups in total. The molecule has 0 atom stereocenters. The smallest absolute Gasteiger partial charge is 0.127 e. The van der Waals surface area contributed by atoms with Crippen LogP contribution in [0.15, 0.2) is 72.8 Å². The summed E-state index contributed by atoms with van der Waals surface area (Å²) in [5.41, 5.74) is 7.23. The normalized spacial score (nSPS) is 14.6. The molecule has 0 bridgehead atoms. The zero-order valence-electron chi connectivity index (χ0n) is 14.5. The molecule has 124 valence electrons. The lowest BCUT2D eigenvalue weighted by molar-refractivity contribution is 0.307. The maximum Gasteiger partial charge on any atom is 0.127 e. The lowest BCUT2D eigenvalue weighted by atomic mass is 9.88. The van der Waals surface area contributed by atoms with E-state index in [0.29, 0.717) is 6.61 Å². The maximum absolute atomic E-state index is 6.07. The summed E-state index contributed by atoms with van der Waals surface area (Å²) < 4.78 is 11.4. The van der Waals surface area contributed by atoms with Crippen LogP contribution in [0.1, 0.15) is 29.2 Å². The number of hydrogen-bond acceptors (Lipinski definition) is 2. The number of rotatable bonds is 2. The third-order valence-electron chi connectivity index (χ3n) is 4.72. The first kappa shape index (κ1) is 15.5. The van der Waals surface area contributed by atoms with E-state index in [0.717, 1.165) is 17.1 Å². The second-order valence-corrected chi connectivity index (χ2v) is 6.17. The van der Waals surface area contributed by atoms with Crippen LogP contribution in [0.3, 0.4) is 0 Å². The molecule has 1 heterocycles. The summed E-state index contributed by atoms with van der Waals surface area (Å²) in [4.78, 5) is 0. The first-order valence-corrected chi connectivity index (χ1v) is 8.43. The molecule has 1 aliphatic heterocycles. The molecule has 1 aliphatic rings. The van der Waals surface area contributed by atoms with Crippen molar-refractivity contribution in [1.82, 2.24) is 0 Å². The van der Waals surface area contributed by atoms with Crippen LogP contribution in [-0.2, 0) is 6.61 Å². The van der Waals surface area contributed by atoms with Crippen molar-refractivity contribution >= 4 is 11.1 Å². The molecule has 2 nitrogen and oxygen atoms in total. The minimum absolute atomic E-state index is 0.590. The van der Waals surface area contributed by atoms with Gasteiger partial charge in [-0.25, -0.2) is 0 Å². The Labute approximate surface area is 148 Å². The lowest BCUT2D eigenvalue weighted by Crippen LogP contribution is -1.95. The average molecular weight is 328 g/mol. The quantitative estimate of drug-likeness (QED) is 0.612. The zero-order chi connectivity index (χ0) is 17.2. The van der Waals surface area contributed by atoms with E-state index in [-0.39, 0.29) is 0 Å². The number of fused-ring (bicyclic) bond motifs is 2. The minimum Gasteiger partial charge on any atom is -0.497 e. The molecule has 3 aromatic carbocycles. The van der Waals surface area contributed by atoms with Gasteiger partial charge < -0.3 is 9.47 Å². The fraction of sp³-hybridized carbons (Fsp3) is 0.130. The van der Waals surface area contributed by atoms with E-state index in [1.54, 1.807) is 7.11 Å². The van der Waals surface area contributed by atoms with E-state index in [1.807, 2.05) is 24.3 Å². The third kappa shape index (κ3) is 2.80. The molecule has 0 amide bonds. The van der Waals surface area contributed by atoms with Gasteiger partial charge in [-0.05, 0) is 53.0 Å². The van der Waals surface area contributed by atoms with Crippen LogP contribution in [-0.4, -0.2) is 7.11 Å². The van der Waals surface area contributed by atoms with Crippen molar-refractivity contribution in [3.8, 4) is 11.5 Å². The van der Waals surface area contributed by atoms with Crippen LogP contribution < -0.4 is 9.47 Å². The van der Waals surface area contributed by atoms with Gasteiger partial charge in [0.05, 0.1) is 7.11 Å². The van der Waals surface area contributed by atoms with E-state index in [4.69, 9.17) is 9.47 Å². The highest BCUT2D eigenvalue weighted by Crippen LogP contribution is 2.40. The summed E-state index contributed by atoms with van der Waals surface area (Å²) in [6, 6.07) is 25.0. The molecule has 4 rings (SSSR count). The van der Waals surface area contributed by atoms with E-state index in [9.17, 15) is 0 Å². The average Bonchev–Trinajstić information content (AvgIpc) is 2.84. The summed E-state index contributed by atoms with van der Waals surface area (Å²) in [6.45, 7) is 2.77. The predicted molar refractivity (Wildman–Crippen MR) is 102 cm³/mol. The number of benzene rings is 3. The van der Waals surface area contributed by atoms with E-state index in [1.165, 1.54) is 27.8 Å². The zero-order valence-corrected chi connectivity index (χ0v) is 14.5. The van der Waals surface area contributed by atoms with Crippen LogP contribution in [0.2, 0.25) is 0 Å². The van der Waals surface area contributed by atoms with Crippen molar-refractivity contribution in [2.75, 3.05) is 7.11 Å². The number of allylic oxidation sites excluding steroid dienone is 1. The van der Waals surface area contributed by atoms with Gasteiger partial charge >= 0.3 is 0 Å². The Balaban J connectivity index is 1.98. The fourth-order valence-electron chi connectivity index (χ4n) is 3.38. The maximum atomic E-state index is 6.07. The van der Waals surface area contributed by atoms with Gasteiger partial charge in [0.1, 0.15) is 18.1 Å². The van der Waals surface area contributed by atoms with Gasteiger partial charge in [0.2, 0.25) is 0 Å². The summed E-state index contributed by atoms with van der Waals surface area (Å²) in [5, 5.41) is 0. The molecule has 0 aliphatic carbocycles. The molecule has 0 spiro atoms. The molecule has 3 aromatic rings. The van der Waals surface area contributed by atoms with Gasteiger partial charge in [-0.15, -0.1) is 0 Å². The third-order valence-corrected chi connectivity index (χ3v) is 4.72. The Kier molecular flexibility index (Phi) is 4.02. The Morgan fingerprint density at radius 2 is 1.52 bits per heavy atom. The molecule has 2 heteroatoms. The molecule has 0 saturated carbocycles. The van der Waals surface area contributed by atoms with Crippen molar-refractivity contribution < 1.29 is 9.47 Å². The number of hydrogen-bond donors (Lipinski definition) is 0. The van der Waals surface area contributed by atoms with Crippen LogP contribution in [0.25, 0.3) is 11.1 Å². The fourth-order valence-corrected chi connectivity index (χ4v) is 3.38. The highest BCUT2D eigenvalue weighted by molar-refractivity contribution is 6.00. The van der Waals surface area contributed by atoms with Gasteiger partial charge in [-0.2, -0.15) is 0 Å². The van der Waals surface area contributed by atoms with Crippen molar-refractivity contribution in [2.45, 2.75) is 13.5 Å². The van der Waals surface area contributed by atoms with Crippen LogP contribution in [0.4, 0.5) is 0 Å². The van der Waals surface area contributed by atoms with Crippen LogP contribution in [0, 0.1) is 0 Å². The highest BCUT2D eigenvalue weighted by atomic mass is 16.5. The molecular formula is C23H20O2. The van der Waals surface area contributed by atoms with Gasteiger partial charge in [-0.3, -0.25) is 0 Å². The van der Waals surface area contributed by atoms with Gasteiger partial charge in [-0.1, -0.05) is 54.6 Å². The molecular weight excluding hydrogens is 308 g/mol. The monoisotopic (exact) mass is 328 g/mol. The minimum atomic E-state index is 0.590. The SMILES string of the molecule is COc1ccc(/C(C)=C2/c3ccccc3COc3ccccc32)cc1. The molecule has 0 saturated heterocycles. The topological polar surface area (TPSA) is 18.5 Å². The number of ether oxygens (including phenoxy) is 2. The van der Waals surface area contributed by atoms with Gasteiger partial charge in [0, 0.05) is 5.56 Å². The van der Waals surface area contributed by atoms with E-state index < -0.39 is 0 Å². The van der Waals surface area contributed by atoms with E-state index in [2.05, 4.69) is 55.5 Å². The second-order valence-electron chi connectivity index (χ2n) is 6.17. The van der Waals surface area contributed by atoms with Crippen molar-refractivity contribution in [3.63, 3.8) is 0 Å². The highest BCUT2D eigenvalue weighted by Gasteiger charge is 2.21.